The van der Waals surface area contributed by atoms with Crippen LogP contribution in [0, 0.1) is 0 Å². The molecule has 0 unspecified atom stereocenters. The molecule has 2 aromatic rings. The summed E-state index contributed by atoms with van der Waals surface area (Å²) in [4.78, 5) is 21.8. The number of pyridine rings is 1. The first-order chi connectivity index (χ1) is 14.7. The van der Waals surface area contributed by atoms with Crippen LogP contribution in [0.1, 0.15) is 19.3 Å². The van der Waals surface area contributed by atoms with E-state index in [0.717, 1.165) is 51.4 Å². The average molecular weight is 411 g/mol. The Morgan fingerprint density at radius 3 is 2.57 bits per heavy atom. The van der Waals surface area contributed by atoms with Crippen molar-refractivity contribution < 1.29 is 14.6 Å². The second-order valence-electron chi connectivity index (χ2n) is 7.98. The molecule has 3 heterocycles. The fraction of sp³-hybridized carbons (Fsp3) is 0.478. The van der Waals surface area contributed by atoms with Gasteiger partial charge in [-0.15, -0.1) is 0 Å². The van der Waals surface area contributed by atoms with Gasteiger partial charge in [-0.3, -0.25) is 9.69 Å². The number of benzene rings is 1. The molecule has 30 heavy (non-hydrogen) atoms. The van der Waals surface area contributed by atoms with Crippen molar-refractivity contribution in [3.63, 3.8) is 0 Å². The number of aromatic nitrogens is 1. The molecule has 1 amide bonds. The van der Waals surface area contributed by atoms with Gasteiger partial charge in [0.05, 0.1) is 12.2 Å². The Kier molecular flexibility index (Phi) is 6.94. The fourth-order valence-corrected chi connectivity index (χ4v) is 4.13. The molecule has 4 rings (SSSR count). The van der Waals surface area contributed by atoms with E-state index in [1.54, 1.807) is 0 Å². The summed E-state index contributed by atoms with van der Waals surface area (Å²) in [6.07, 6.45) is 2.49. The minimum absolute atomic E-state index is 0.00579. The van der Waals surface area contributed by atoms with Crippen LogP contribution in [0.2, 0.25) is 0 Å². The zero-order chi connectivity index (χ0) is 20.8. The molecule has 0 radical (unpaired) electrons. The molecule has 7 nitrogen and oxygen atoms in total. The molecule has 0 spiro atoms. The van der Waals surface area contributed by atoms with Crippen molar-refractivity contribution in [1.82, 2.24) is 9.88 Å². The molecule has 1 aromatic carbocycles. The standard InChI is InChI=1S/C23H30N4O3/c28-20-10-9-19(30-22(20)23(29)25-18-6-2-1-3-7-18)11-13-26-14-16-27(17-15-26)21-8-4-5-12-24-21/h1-8,12,19-20,22,28H,9-11,13-17H2,(H,25,29)/t19-,20-,22-/m0/s1. The van der Waals surface area contributed by atoms with Crippen LogP contribution in [0.15, 0.2) is 54.7 Å². The normalized spacial score (nSPS) is 25.1. The number of carbonyl (C=O) groups is 1. The van der Waals surface area contributed by atoms with E-state index < -0.39 is 12.2 Å². The first-order valence-corrected chi connectivity index (χ1v) is 10.8. The van der Waals surface area contributed by atoms with E-state index >= 15 is 0 Å². The molecular weight excluding hydrogens is 380 g/mol. The van der Waals surface area contributed by atoms with Gasteiger partial charge in [-0.25, -0.2) is 4.98 Å². The van der Waals surface area contributed by atoms with Gasteiger partial charge < -0.3 is 20.1 Å². The van der Waals surface area contributed by atoms with Crippen molar-refractivity contribution in [2.75, 3.05) is 42.9 Å². The number of piperazine rings is 1. The van der Waals surface area contributed by atoms with Gasteiger partial charge in [0, 0.05) is 44.6 Å². The number of nitrogens with one attached hydrogen (secondary N) is 1. The van der Waals surface area contributed by atoms with Gasteiger partial charge in [0.1, 0.15) is 5.82 Å². The minimum Gasteiger partial charge on any atom is -0.390 e. The number of anilines is 2. The van der Waals surface area contributed by atoms with Crippen LogP contribution in [-0.2, 0) is 9.53 Å². The second kappa shape index (κ2) is 10.0. The number of hydrogen-bond donors (Lipinski definition) is 2. The third kappa shape index (κ3) is 5.36. The van der Waals surface area contributed by atoms with Crippen LogP contribution in [0.5, 0.6) is 0 Å². The first-order valence-electron chi connectivity index (χ1n) is 10.8. The molecule has 2 saturated heterocycles. The number of carbonyl (C=O) groups excluding carboxylic acids is 1. The van der Waals surface area contributed by atoms with E-state index in [2.05, 4.69) is 26.2 Å². The summed E-state index contributed by atoms with van der Waals surface area (Å²) >= 11 is 0. The van der Waals surface area contributed by atoms with Crippen LogP contribution in [0.4, 0.5) is 11.5 Å². The summed E-state index contributed by atoms with van der Waals surface area (Å²) in [5.41, 5.74) is 0.714. The van der Waals surface area contributed by atoms with Crippen LogP contribution in [0.25, 0.3) is 0 Å². The number of para-hydroxylation sites is 1. The van der Waals surface area contributed by atoms with Gasteiger partial charge in [-0.1, -0.05) is 24.3 Å². The maximum Gasteiger partial charge on any atom is 0.256 e. The highest BCUT2D eigenvalue weighted by Crippen LogP contribution is 2.24. The fourth-order valence-electron chi connectivity index (χ4n) is 4.13. The van der Waals surface area contributed by atoms with E-state index in [-0.39, 0.29) is 12.0 Å². The number of nitrogens with zero attached hydrogens (tertiary/aromatic N) is 3. The Balaban J connectivity index is 1.23. The second-order valence-corrected chi connectivity index (χ2v) is 7.98. The number of ether oxygens (including phenoxy) is 1. The van der Waals surface area contributed by atoms with Gasteiger partial charge >= 0.3 is 0 Å². The Bertz CT molecular complexity index is 797. The third-order valence-corrected chi connectivity index (χ3v) is 5.89. The molecular formula is C23H30N4O3. The highest BCUT2D eigenvalue weighted by Gasteiger charge is 2.35. The maximum absolute atomic E-state index is 12.6. The Labute approximate surface area is 177 Å². The average Bonchev–Trinajstić information content (AvgIpc) is 2.80. The van der Waals surface area contributed by atoms with Crippen molar-refractivity contribution in [2.24, 2.45) is 0 Å². The predicted octanol–water partition coefficient (Wildman–Crippen LogP) is 2.14. The monoisotopic (exact) mass is 410 g/mol. The summed E-state index contributed by atoms with van der Waals surface area (Å²) in [6, 6.07) is 15.3. The topological polar surface area (TPSA) is 77.9 Å². The molecule has 7 heteroatoms. The van der Waals surface area contributed by atoms with E-state index in [9.17, 15) is 9.90 Å². The molecule has 2 aliphatic rings. The molecule has 1 aromatic heterocycles. The molecule has 160 valence electrons. The van der Waals surface area contributed by atoms with Gasteiger partial charge in [-0.05, 0) is 43.5 Å². The van der Waals surface area contributed by atoms with Gasteiger partial charge in [0.2, 0.25) is 0 Å². The van der Waals surface area contributed by atoms with Gasteiger partial charge in [-0.2, -0.15) is 0 Å². The van der Waals surface area contributed by atoms with Gasteiger partial charge in [0.25, 0.3) is 5.91 Å². The van der Waals surface area contributed by atoms with E-state index in [0.29, 0.717) is 12.1 Å². The molecule has 3 atom stereocenters. The van der Waals surface area contributed by atoms with Crippen molar-refractivity contribution >= 4 is 17.4 Å². The number of aliphatic hydroxyl groups is 1. The van der Waals surface area contributed by atoms with E-state index in [1.165, 1.54) is 0 Å². The Morgan fingerprint density at radius 1 is 1.07 bits per heavy atom. The summed E-state index contributed by atoms with van der Waals surface area (Å²) in [6.45, 7) is 4.84. The van der Waals surface area contributed by atoms with Crippen molar-refractivity contribution in [2.45, 2.75) is 37.6 Å². The minimum atomic E-state index is -0.815. The van der Waals surface area contributed by atoms with Crippen LogP contribution in [0.3, 0.4) is 0 Å². The van der Waals surface area contributed by atoms with Crippen LogP contribution < -0.4 is 10.2 Å². The first kappa shape index (κ1) is 20.8. The summed E-state index contributed by atoms with van der Waals surface area (Å²) in [5, 5.41) is 13.1. The lowest BCUT2D eigenvalue weighted by Crippen LogP contribution is -2.49. The van der Waals surface area contributed by atoms with Crippen molar-refractivity contribution in [1.29, 1.82) is 0 Å². The van der Waals surface area contributed by atoms with E-state index in [1.807, 2.05) is 48.7 Å². The zero-order valence-corrected chi connectivity index (χ0v) is 17.2. The molecule has 0 aliphatic carbocycles. The lowest BCUT2D eigenvalue weighted by Gasteiger charge is -2.37. The van der Waals surface area contributed by atoms with Crippen LogP contribution >= 0.6 is 0 Å². The molecule has 0 saturated carbocycles. The number of rotatable bonds is 6. The number of aliphatic hydroxyl groups excluding tert-OH is 1. The van der Waals surface area contributed by atoms with E-state index in [4.69, 9.17) is 4.74 Å². The largest absolute Gasteiger partial charge is 0.390 e. The van der Waals surface area contributed by atoms with Crippen LogP contribution in [-0.4, -0.2) is 71.9 Å². The summed E-state index contributed by atoms with van der Waals surface area (Å²) in [7, 11) is 0. The summed E-state index contributed by atoms with van der Waals surface area (Å²) in [5.74, 6) is 0.761. The lowest BCUT2D eigenvalue weighted by atomic mass is 9.98. The number of amides is 1. The number of hydrogen-bond acceptors (Lipinski definition) is 6. The lowest BCUT2D eigenvalue weighted by molar-refractivity contribution is -0.153. The molecule has 2 fully saturated rings. The predicted molar refractivity (Wildman–Crippen MR) is 116 cm³/mol. The Hall–Kier alpha value is -2.48. The maximum atomic E-state index is 12.6. The Morgan fingerprint density at radius 2 is 1.83 bits per heavy atom. The molecule has 0 bridgehead atoms. The van der Waals surface area contributed by atoms with Crippen molar-refractivity contribution in [3.05, 3.63) is 54.7 Å². The zero-order valence-electron chi connectivity index (χ0n) is 17.2. The van der Waals surface area contributed by atoms with Gasteiger partial charge in [0.15, 0.2) is 6.10 Å². The quantitative estimate of drug-likeness (QED) is 0.760. The third-order valence-electron chi connectivity index (χ3n) is 5.89. The SMILES string of the molecule is O=C(Nc1ccccc1)[C@H]1O[C@H](CCN2CCN(c3ccccn3)CC2)CC[C@@H]1O. The summed E-state index contributed by atoms with van der Waals surface area (Å²) < 4.78 is 6.01. The van der Waals surface area contributed by atoms with Crippen molar-refractivity contribution in [3.8, 4) is 0 Å². The smallest absolute Gasteiger partial charge is 0.256 e. The highest BCUT2D eigenvalue weighted by atomic mass is 16.5. The molecule has 2 N–H and O–H groups in total. The highest BCUT2D eigenvalue weighted by molar-refractivity contribution is 5.94. The molecule has 2 aliphatic heterocycles.